The molecule has 0 aliphatic heterocycles. The molecule has 0 N–H and O–H groups in total. The van der Waals surface area contributed by atoms with Crippen molar-refractivity contribution in [2.45, 2.75) is 0 Å². The summed E-state index contributed by atoms with van der Waals surface area (Å²) in [5, 5.41) is 0.998. The van der Waals surface area contributed by atoms with Crippen molar-refractivity contribution in [2.75, 3.05) is 7.11 Å². The Morgan fingerprint density at radius 2 is 1.78 bits per heavy atom. The van der Waals surface area contributed by atoms with Gasteiger partial charge in [-0.25, -0.2) is 4.98 Å². The van der Waals surface area contributed by atoms with Gasteiger partial charge in [0.25, 0.3) is 5.56 Å². The Morgan fingerprint density at radius 1 is 1.04 bits per heavy atom. The Labute approximate surface area is 132 Å². The van der Waals surface area contributed by atoms with Crippen LogP contribution < -0.4 is 10.3 Å². The van der Waals surface area contributed by atoms with Crippen LogP contribution in [0.1, 0.15) is 0 Å². The highest BCUT2D eigenvalue weighted by molar-refractivity contribution is 6.02. The van der Waals surface area contributed by atoms with E-state index < -0.39 is 0 Å². The van der Waals surface area contributed by atoms with Crippen LogP contribution in [0.4, 0.5) is 0 Å². The van der Waals surface area contributed by atoms with Crippen LogP contribution in [0.5, 0.6) is 5.75 Å². The molecule has 0 aliphatic carbocycles. The number of para-hydroxylation sites is 1. The largest absolute Gasteiger partial charge is 0.497 e. The van der Waals surface area contributed by atoms with Crippen LogP contribution in [-0.2, 0) is 7.05 Å². The van der Waals surface area contributed by atoms with E-state index in [2.05, 4.69) is 4.98 Å². The molecule has 114 valence electrons. The summed E-state index contributed by atoms with van der Waals surface area (Å²) in [6, 6.07) is 15.3. The topological polar surface area (TPSA) is 49.1 Å². The van der Waals surface area contributed by atoms with E-state index >= 15 is 0 Å². The fourth-order valence-corrected chi connectivity index (χ4v) is 2.98. The molecule has 0 aliphatic rings. The average Bonchev–Trinajstić information content (AvgIpc) is 2.98. The van der Waals surface area contributed by atoms with E-state index in [1.165, 1.54) is 0 Å². The number of benzene rings is 2. The van der Waals surface area contributed by atoms with E-state index in [9.17, 15) is 4.79 Å². The number of imidazole rings is 1. The van der Waals surface area contributed by atoms with Crippen molar-refractivity contribution in [3.05, 3.63) is 65.2 Å². The van der Waals surface area contributed by atoms with Gasteiger partial charge >= 0.3 is 0 Å². The van der Waals surface area contributed by atoms with Crippen LogP contribution in [0, 0.1) is 0 Å². The van der Waals surface area contributed by atoms with Gasteiger partial charge in [-0.15, -0.1) is 0 Å². The third-order valence-corrected chi connectivity index (χ3v) is 4.07. The van der Waals surface area contributed by atoms with Crippen LogP contribution in [0.3, 0.4) is 0 Å². The SMILES string of the molecule is COc1ccc(-n2c(=O)c3ncn(C)c3c3ccccc32)cc1. The summed E-state index contributed by atoms with van der Waals surface area (Å²) in [5.41, 5.74) is 2.86. The Bertz CT molecular complexity index is 1080. The summed E-state index contributed by atoms with van der Waals surface area (Å²) in [7, 11) is 3.52. The van der Waals surface area contributed by atoms with Crippen LogP contribution >= 0.6 is 0 Å². The predicted molar refractivity (Wildman–Crippen MR) is 90.4 cm³/mol. The number of hydrogen-bond acceptors (Lipinski definition) is 3. The maximum atomic E-state index is 13.0. The van der Waals surface area contributed by atoms with E-state index in [1.807, 2.05) is 60.1 Å². The van der Waals surface area contributed by atoms with Gasteiger partial charge in [-0.05, 0) is 30.3 Å². The molecular weight excluding hydrogens is 290 g/mol. The molecule has 0 bridgehead atoms. The average molecular weight is 305 g/mol. The first-order valence-electron chi connectivity index (χ1n) is 7.30. The van der Waals surface area contributed by atoms with Crippen LogP contribution in [0.15, 0.2) is 59.7 Å². The van der Waals surface area contributed by atoms with Crippen molar-refractivity contribution in [3.63, 3.8) is 0 Å². The van der Waals surface area contributed by atoms with Crippen LogP contribution in [0.2, 0.25) is 0 Å². The van der Waals surface area contributed by atoms with Crippen molar-refractivity contribution in [1.82, 2.24) is 14.1 Å². The minimum Gasteiger partial charge on any atom is -0.497 e. The summed E-state index contributed by atoms with van der Waals surface area (Å²) in [5.74, 6) is 0.755. The summed E-state index contributed by atoms with van der Waals surface area (Å²) in [6.07, 6.45) is 1.68. The van der Waals surface area contributed by atoms with Crippen molar-refractivity contribution < 1.29 is 4.74 Å². The first-order valence-corrected chi connectivity index (χ1v) is 7.30. The van der Waals surface area contributed by atoms with Gasteiger partial charge in [-0.1, -0.05) is 18.2 Å². The Hall–Kier alpha value is -3.08. The first kappa shape index (κ1) is 13.6. The molecule has 0 fully saturated rings. The van der Waals surface area contributed by atoms with Crippen molar-refractivity contribution in [1.29, 1.82) is 0 Å². The van der Waals surface area contributed by atoms with Crippen molar-refractivity contribution in [2.24, 2.45) is 7.05 Å². The number of fused-ring (bicyclic) bond motifs is 3. The van der Waals surface area contributed by atoms with Gasteiger partial charge in [-0.3, -0.25) is 9.36 Å². The highest BCUT2D eigenvalue weighted by atomic mass is 16.5. The summed E-state index contributed by atoms with van der Waals surface area (Å²) < 4.78 is 8.78. The van der Waals surface area contributed by atoms with Gasteiger partial charge < -0.3 is 9.30 Å². The monoisotopic (exact) mass is 305 g/mol. The molecule has 2 aromatic heterocycles. The molecule has 2 aromatic carbocycles. The molecule has 0 saturated carbocycles. The third kappa shape index (κ3) is 1.93. The lowest BCUT2D eigenvalue weighted by atomic mass is 10.1. The van der Waals surface area contributed by atoms with Gasteiger partial charge in [0.2, 0.25) is 0 Å². The molecule has 2 heterocycles. The van der Waals surface area contributed by atoms with E-state index in [0.29, 0.717) is 5.52 Å². The maximum Gasteiger partial charge on any atom is 0.283 e. The number of pyridine rings is 1. The van der Waals surface area contributed by atoms with E-state index in [0.717, 1.165) is 27.9 Å². The summed E-state index contributed by atoms with van der Waals surface area (Å²) in [4.78, 5) is 17.3. The van der Waals surface area contributed by atoms with Gasteiger partial charge in [0, 0.05) is 18.1 Å². The summed E-state index contributed by atoms with van der Waals surface area (Å²) >= 11 is 0. The second-order valence-corrected chi connectivity index (χ2v) is 5.41. The first-order chi connectivity index (χ1) is 11.2. The fraction of sp³-hybridized carbons (Fsp3) is 0.111. The fourth-order valence-electron chi connectivity index (χ4n) is 2.98. The molecular formula is C18H15N3O2. The quantitative estimate of drug-likeness (QED) is 0.572. The molecule has 0 spiro atoms. The zero-order valence-electron chi connectivity index (χ0n) is 12.9. The number of methoxy groups -OCH3 is 1. The van der Waals surface area contributed by atoms with E-state index in [4.69, 9.17) is 4.74 Å². The number of ether oxygens (including phenoxy) is 1. The molecule has 0 atom stereocenters. The van der Waals surface area contributed by atoms with Gasteiger partial charge in [-0.2, -0.15) is 0 Å². The normalized spacial score (nSPS) is 11.2. The lowest BCUT2D eigenvalue weighted by Gasteiger charge is -2.12. The number of aromatic nitrogens is 3. The number of nitrogens with zero attached hydrogens (tertiary/aromatic N) is 3. The second-order valence-electron chi connectivity index (χ2n) is 5.41. The Balaban J connectivity index is 2.16. The number of hydrogen-bond donors (Lipinski definition) is 0. The predicted octanol–water partition coefficient (Wildman–Crippen LogP) is 2.89. The third-order valence-electron chi connectivity index (χ3n) is 4.07. The van der Waals surface area contributed by atoms with Crippen LogP contribution in [-0.4, -0.2) is 21.2 Å². The molecule has 5 heteroatoms. The summed E-state index contributed by atoms with van der Waals surface area (Å²) in [6.45, 7) is 0. The van der Waals surface area contributed by atoms with Gasteiger partial charge in [0.05, 0.1) is 24.5 Å². The number of aryl methyl sites for hydroxylation is 1. The van der Waals surface area contributed by atoms with Crippen LogP contribution in [0.25, 0.3) is 27.6 Å². The molecule has 5 nitrogen and oxygen atoms in total. The van der Waals surface area contributed by atoms with E-state index in [1.54, 1.807) is 18.0 Å². The lowest BCUT2D eigenvalue weighted by molar-refractivity contribution is 0.415. The molecule has 23 heavy (non-hydrogen) atoms. The van der Waals surface area contributed by atoms with Gasteiger partial charge in [0.15, 0.2) is 5.52 Å². The maximum absolute atomic E-state index is 13.0. The highest BCUT2D eigenvalue weighted by Crippen LogP contribution is 2.24. The minimum atomic E-state index is -0.121. The molecule has 0 saturated heterocycles. The smallest absolute Gasteiger partial charge is 0.283 e. The molecule has 0 radical (unpaired) electrons. The minimum absolute atomic E-state index is 0.121. The zero-order chi connectivity index (χ0) is 16.0. The molecule has 0 unspecified atom stereocenters. The Morgan fingerprint density at radius 3 is 2.52 bits per heavy atom. The number of rotatable bonds is 2. The zero-order valence-corrected chi connectivity index (χ0v) is 12.9. The van der Waals surface area contributed by atoms with Gasteiger partial charge in [0.1, 0.15) is 5.75 Å². The lowest BCUT2D eigenvalue weighted by Crippen LogP contribution is -2.19. The highest BCUT2D eigenvalue weighted by Gasteiger charge is 2.15. The standard InChI is InChI=1S/C18H15N3O2/c1-20-11-19-16-17(20)14-5-3-4-6-15(14)21(18(16)22)12-7-9-13(23-2)10-8-12/h3-11H,1-2H3. The van der Waals surface area contributed by atoms with Crippen molar-refractivity contribution >= 4 is 21.9 Å². The molecule has 0 amide bonds. The van der Waals surface area contributed by atoms with E-state index in [-0.39, 0.29) is 5.56 Å². The Kier molecular flexibility index (Phi) is 2.94. The molecule has 4 rings (SSSR count). The molecule has 4 aromatic rings. The van der Waals surface area contributed by atoms with Crippen molar-refractivity contribution in [3.8, 4) is 11.4 Å². The second kappa shape index (κ2) is 4.98.